The fourth-order valence-electron chi connectivity index (χ4n) is 2.73. The quantitative estimate of drug-likeness (QED) is 0.551. The number of nitrogens with one attached hydrogen (secondary N) is 1. The van der Waals surface area contributed by atoms with Gasteiger partial charge in [0.2, 0.25) is 5.91 Å². The molecule has 6 heteroatoms. The number of anilines is 1. The van der Waals surface area contributed by atoms with E-state index in [1.165, 1.54) is 0 Å². The van der Waals surface area contributed by atoms with Crippen LogP contribution in [-0.4, -0.2) is 20.4 Å². The van der Waals surface area contributed by atoms with Crippen LogP contribution in [0.15, 0.2) is 91.5 Å². The smallest absolute Gasteiger partial charge is 0.321 e. The van der Waals surface area contributed by atoms with E-state index in [-0.39, 0.29) is 11.9 Å². The Kier molecular flexibility index (Phi) is 5.11. The van der Waals surface area contributed by atoms with Crippen LogP contribution in [0.5, 0.6) is 11.8 Å². The fraction of sp³-hybridized carbons (Fsp3) is 0.0455. The van der Waals surface area contributed by atoms with E-state index < -0.39 is 0 Å². The van der Waals surface area contributed by atoms with Crippen LogP contribution < -0.4 is 10.1 Å². The summed E-state index contributed by atoms with van der Waals surface area (Å²) in [6.07, 6.45) is 7.50. The Morgan fingerprint density at radius 1 is 0.893 bits per heavy atom. The van der Waals surface area contributed by atoms with Gasteiger partial charge in [-0.1, -0.05) is 12.1 Å². The van der Waals surface area contributed by atoms with Crippen molar-refractivity contribution >= 4 is 11.6 Å². The second-order valence-corrected chi connectivity index (χ2v) is 6.14. The van der Waals surface area contributed by atoms with Crippen LogP contribution >= 0.6 is 0 Å². The van der Waals surface area contributed by atoms with E-state index in [4.69, 9.17) is 4.74 Å². The van der Waals surface area contributed by atoms with Crippen LogP contribution in [0.1, 0.15) is 5.56 Å². The van der Waals surface area contributed by atoms with Crippen molar-refractivity contribution in [2.75, 3.05) is 5.32 Å². The van der Waals surface area contributed by atoms with Crippen LogP contribution in [-0.2, 0) is 11.2 Å². The molecule has 0 saturated heterocycles. The van der Waals surface area contributed by atoms with E-state index >= 15 is 0 Å². The highest BCUT2D eigenvalue weighted by atomic mass is 16.5. The molecule has 0 saturated carbocycles. The topological polar surface area (TPSA) is 69.0 Å². The van der Waals surface area contributed by atoms with Gasteiger partial charge in [-0.05, 0) is 60.2 Å². The van der Waals surface area contributed by atoms with Crippen molar-refractivity contribution in [1.82, 2.24) is 14.5 Å². The monoisotopic (exact) mass is 370 g/mol. The number of hydrogen-bond acceptors (Lipinski definition) is 4. The van der Waals surface area contributed by atoms with Crippen LogP contribution in [0.2, 0.25) is 0 Å². The number of amides is 1. The highest BCUT2D eigenvalue weighted by Crippen LogP contribution is 2.20. The summed E-state index contributed by atoms with van der Waals surface area (Å²) in [6, 6.07) is 21.0. The van der Waals surface area contributed by atoms with Gasteiger partial charge in [-0.25, -0.2) is 9.97 Å². The maximum atomic E-state index is 12.3. The van der Waals surface area contributed by atoms with Crippen molar-refractivity contribution in [2.45, 2.75) is 6.42 Å². The molecule has 0 aliphatic carbocycles. The molecule has 4 aromatic rings. The number of ether oxygens (including phenoxy) is 1. The van der Waals surface area contributed by atoms with Crippen molar-refractivity contribution in [3.63, 3.8) is 0 Å². The number of carbonyl (C=O) groups is 1. The van der Waals surface area contributed by atoms with E-state index in [0.29, 0.717) is 17.9 Å². The minimum atomic E-state index is -0.0752. The van der Waals surface area contributed by atoms with Gasteiger partial charge in [-0.2, -0.15) is 0 Å². The van der Waals surface area contributed by atoms with Crippen molar-refractivity contribution in [2.24, 2.45) is 0 Å². The highest BCUT2D eigenvalue weighted by molar-refractivity contribution is 5.92. The molecule has 28 heavy (non-hydrogen) atoms. The molecule has 6 nitrogen and oxygen atoms in total. The molecule has 0 atom stereocenters. The zero-order valence-electron chi connectivity index (χ0n) is 15.0. The lowest BCUT2D eigenvalue weighted by Crippen LogP contribution is -2.14. The Morgan fingerprint density at radius 2 is 1.57 bits per heavy atom. The molecule has 1 amide bonds. The molecule has 138 valence electrons. The molecule has 0 spiro atoms. The van der Waals surface area contributed by atoms with Gasteiger partial charge in [0.05, 0.1) is 6.42 Å². The summed E-state index contributed by atoms with van der Waals surface area (Å²) >= 11 is 0. The Labute approximate surface area is 162 Å². The number of nitrogens with zero attached hydrogens (tertiary/aromatic N) is 3. The summed E-state index contributed by atoms with van der Waals surface area (Å²) in [6.45, 7) is 0. The number of aromatic nitrogens is 3. The predicted molar refractivity (Wildman–Crippen MR) is 107 cm³/mol. The standard InChI is InChI=1S/C22H18N4O2/c27-21(16-17-4-8-19(9-5-17)26-14-1-2-15-26)25-18-6-10-20(11-7-18)28-22-23-12-3-13-24-22/h1-15H,16H2,(H,25,27). The first kappa shape index (κ1) is 17.5. The largest absolute Gasteiger partial charge is 0.424 e. The van der Waals surface area contributed by atoms with E-state index in [1.54, 1.807) is 42.7 Å². The molecule has 2 heterocycles. The minimum Gasteiger partial charge on any atom is -0.424 e. The van der Waals surface area contributed by atoms with E-state index in [0.717, 1.165) is 11.3 Å². The van der Waals surface area contributed by atoms with Gasteiger partial charge in [0.25, 0.3) is 0 Å². The molecule has 2 aromatic carbocycles. The molecule has 1 N–H and O–H groups in total. The van der Waals surface area contributed by atoms with E-state index in [1.807, 2.05) is 53.4 Å². The fourth-order valence-corrected chi connectivity index (χ4v) is 2.73. The second kappa shape index (κ2) is 8.18. The zero-order valence-corrected chi connectivity index (χ0v) is 15.0. The Hall–Kier alpha value is -3.93. The molecule has 0 unspecified atom stereocenters. The molecule has 0 fully saturated rings. The van der Waals surface area contributed by atoms with Gasteiger partial charge in [-0.3, -0.25) is 4.79 Å². The van der Waals surface area contributed by atoms with Crippen molar-refractivity contribution < 1.29 is 9.53 Å². The van der Waals surface area contributed by atoms with Crippen molar-refractivity contribution in [1.29, 1.82) is 0 Å². The SMILES string of the molecule is O=C(Cc1ccc(-n2cccc2)cc1)Nc1ccc(Oc2ncccn2)cc1. The number of hydrogen-bond donors (Lipinski definition) is 1. The van der Waals surface area contributed by atoms with Gasteiger partial charge >= 0.3 is 6.01 Å². The Bertz CT molecular complexity index is 1030. The molecule has 4 rings (SSSR count). The van der Waals surface area contributed by atoms with Crippen molar-refractivity contribution in [3.8, 4) is 17.4 Å². The molecule has 0 bridgehead atoms. The molecule has 2 aromatic heterocycles. The molecular weight excluding hydrogens is 352 g/mol. The van der Waals surface area contributed by atoms with E-state index in [9.17, 15) is 4.79 Å². The number of rotatable bonds is 6. The maximum absolute atomic E-state index is 12.3. The van der Waals surface area contributed by atoms with Crippen LogP contribution in [0.3, 0.4) is 0 Å². The molecule has 0 aliphatic rings. The normalized spacial score (nSPS) is 10.4. The summed E-state index contributed by atoms with van der Waals surface area (Å²) < 4.78 is 7.56. The summed E-state index contributed by atoms with van der Waals surface area (Å²) in [5, 5.41) is 2.89. The third-order valence-electron chi connectivity index (χ3n) is 4.09. The molecular formula is C22H18N4O2. The Morgan fingerprint density at radius 3 is 2.25 bits per heavy atom. The van der Waals surface area contributed by atoms with Gasteiger partial charge < -0.3 is 14.6 Å². The predicted octanol–water partition coefficient (Wildman–Crippen LogP) is 4.24. The lowest BCUT2D eigenvalue weighted by atomic mass is 10.1. The lowest BCUT2D eigenvalue weighted by Gasteiger charge is -2.08. The van der Waals surface area contributed by atoms with Gasteiger partial charge in [0, 0.05) is 36.2 Å². The van der Waals surface area contributed by atoms with E-state index in [2.05, 4.69) is 15.3 Å². The minimum absolute atomic E-state index is 0.0752. The van der Waals surface area contributed by atoms with Crippen molar-refractivity contribution in [3.05, 3.63) is 97.1 Å². The average Bonchev–Trinajstić information content (AvgIpc) is 3.26. The summed E-state index contributed by atoms with van der Waals surface area (Å²) in [7, 11) is 0. The van der Waals surface area contributed by atoms with Crippen LogP contribution in [0.25, 0.3) is 5.69 Å². The summed E-state index contributed by atoms with van der Waals surface area (Å²) in [5.41, 5.74) is 2.72. The zero-order chi connectivity index (χ0) is 19.2. The van der Waals surface area contributed by atoms with Gasteiger partial charge in [-0.15, -0.1) is 0 Å². The maximum Gasteiger partial charge on any atom is 0.321 e. The van der Waals surface area contributed by atoms with Crippen LogP contribution in [0, 0.1) is 0 Å². The van der Waals surface area contributed by atoms with Gasteiger partial charge in [0.1, 0.15) is 5.75 Å². The third kappa shape index (κ3) is 4.42. The van der Waals surface area contributed by atoms with Gasteiger partial charge in [0.15, 0.2) is 0 Å². The highest BCUT2D eigenvalue weighted by Gasteiger charge is 2.06. The third-order valence-corrected chi connectivity index (χ3v) is 4.09. The first-order chi connectivity index (χ1) is 13.8. The summed E-state index contributed by atoms with van der Waals surface area (Å²) in [5.74, 6) is 0.526. The molecule has 0 radical (unpaired) electrons. The van der Waals surface area contributed by atoms with Crippen LogP contribution in [0.4, 0.5) is 5.69 Å². The molecule has 0 aliphatic heterocycles. The average molecular weight is 370 g/mol. The first-order valence-corrected chi connectivity index (χ1v) is 8.83. The number of carbonyl (C=O) groups excluding carboxylic acids is 1. The lowest BCUT2D eigenvalue weighted by molar-refractivity contribution is -0.115. The first-order valence-electron chi connectivity index (χ1n) is 8.83. The number of benzene rings is 2. The second-order valence-electron chi connectivity index (χ2n) is 6.14. The Balaban J connectivity index is 1.33. The summed E-state index contributed by atoms with van der Waals surface area (Å²) in [4.78, 5) is 20.3.